The second kappa shape index (κ2) is 4.46. The van der Waals surface area contributed by atoms with E-state index >= 15 is 0 Å². The number of aliphatic hydroxyl groups excluding tert-OH is 1. The molecule has 0 aromatic carbocycles. The zero-order chi connectivity index (χ0) is 11.6. The first kappa shape index (κ1) is 12.4. The molecule has 0 bridgehead atoms. The van der Waals surface area contributed by atoms with Gasteiger partial charge in [-0.3, -0.25) is 4.79 Å². The average molecular weight is 237 g/mol. The lowest BCUT2D eigenvalue weighted by Crippen LogP contribution is -2.42. The summed E-state index contributed by atoms with van der Waals surface area (Å²) in [5.74, 6) is -2.21. The quantitative estimate of drug-likeness (QED) is 0.661. The van der Waals surface area contributed by atoms with E-state index in [1.54, 1.807) is 0 Å². The van der Waals surface area contributed by atoms with Gasteiger partial charge in [0.25, 0.3) is 0 Å². The van der Waals surface area contributed by atoms with Gasteiger partial charge in [0, 0.05) is 6.54 Å². The molecule has 1 aliphatic rings. The van der Waals surface area contributed by atoms with E-state index in [0.717, 1.165) is 4.31 Å². The highest BCUT2D eigenvalue weighted by Gasteiger charge is 2.39. The first-order chi connectivity index (χ1) is 6.88. The maximum absolute atomic E-state index is 11.6. The molecule has 2 unspecified atom stereocenters. The minimum atomic E-state index is -3.78. The Morgan fingerprint density at radius 3 is 2.60 bits per heavy atom. The molecule has 0 aromatic heterocycles. The number of aliphatic carboxylic acids is 1. The molecule has 0 aliphatic carbocycles. The summed E-state index contributed by atoms with van der Waals surface area (Å²) in [6.07, 6.45) is 0.657. The number of carboxylic acids is 1. The maximum atomic E-state index is 11.6. The van der Waals surface area contributed by atoms with Crippen LogP contribution >= 0.6 is 0 Å². The topological polar surface area (TPSA) is 94.9 Å². The monoisotopic (exact) mass is 237 g/mol. The summed E-state index contributed by atoms with van der Waals surface area (Å²) in [6.45, 7) is 1.87. The van der Waals surface area contributed by atoms with Gasteiger partial charge in [0.15, 0.2) is 5.75 Å². The first-order valence-electron chi connectivity index (χ1n) is 4.70. The number of hydrogen-bond acceptors (Lipinski definition) is 4. The normalized spacial score (nSPS) is 28.1. The second-order valence-electron chi connectivity index (χ2n) is 3.78. The van der Waals surface area contributed by atoms with E-state index in [1.165, 1.54) is 0 Å². The number of hydrogen-bond donors (Lipinski definition) is 2. The molecule has 0 radical (unpaired) electrons. The van der Waals surface area contributed by atoms with Crippen molar-refractivity contribution in [3.8, 4) is 0 Å². The van der Waals surface area contributed by atoms with Crippen molar-refractivity contribution >= 4 is 16.0 Å². The molecule has 2 N–H and O–H groups in total. The van der Waals surface area contributed by atoms with Gasteiger partial charge in [-0.25, -0.2) is 8.42 Å². The zero-order valence-corrected chi connectivity index (χ0v) is 9.27. The van der Waals surface area contributed by atoms with Gasteiger partial charge in [0.1, 0.15) is 0 Å². The van der Waals surface area contributed by atoms with Crippen LogP contribution in [-0.2, 0) is 14.8 Å². The van der Waals surface area contributed by atoms with Crippen LogP contribution in [0.4, 0.5) is 0 Å². The van der Waals surface area contributed by atoms with Gasteiger partial charge in [0.2, 0.25) is 10.0 Å². The Kier molecular flexibility index (Phi) is 3.69. The van der Waals surface area contributed by atoms with Crippen molar-refractivity contribution in [1.29, 1.82) is 0 Å². The minimum absolute atomic E-state index is 0.0681. The molecule has 0 aromatic rings. The lowest BCUT2D eigenvalue weighted by atomic mass is 10.0. The standard InChI is InChI=1S/C8H15NO5S/c1-6-2-3-9(7(6)4-10)15(13,14)5-8(11)12/h6-7,10H,2-5H2,1H3,(H,11,12). The van der Waals surface area contributed by atoms with Crippen LogP contribution in [0.3, 0.4) is 0 Å². The average Bonchev–Trinajstić information content (AvgIpc) is 2.44. The van der Waals surface area contributed by atoms with Crippen LogP contribution in [-0.4, -0.2) is 53.9 Å². The van der Waals surface area contributed by atoms with Crippen LogP contribution < -0.4 is 0 Å². The molecule has 0 spiro atoms. The Labute approximate surface area is 88.6 Å². The van der Waals surface area contributed by atoms with E-state index in [2.05, 4.69) is 0 Å². The molecule has 0 amide bonds. The Morgan fingerprint density at radius 1 is 1.53 bits per heavy atom. The SMILES string of the molecule is CC1CCN(S(=O)(=O)CC(=O)O)C1CO. The third-order valence-electron chi connectivity index (χ3n) is 2.68. The summed E-state index contributed by atoms with van der Waals surface area (Å²) in [6, 6.07) is -0.477. The predicted molar refractivity (Wildman–Crippen MR) is 52.8 cm³/mol. The highest BCUT2D eigenvalue weighted by Crippen LogP contribution is 2.26. The molecule has 7 heteroatoms. The van der Waals surface area contributed by atoms with Gasteiger partial charge < -0.3 is 10.2 Å². The third-order valence-corrected chi connectivity index (χ3v) is 4.46. The summed E-state index contributed by atoms with van der Waals surface area (Å²) < 4.78 is 24.3. The van der Waals surface area contributed by atoms with Crippen molar-refractivity contribution in [3.63, 3.8) is 0 Å². The Bertz CT molecular complexity index is 339. The number of sulfonamides is 1. The van der Waals surface area contributed by atoms with Crippen molar-refractivity contribution in [2.75, 3.05) is 18.9 Å². The van der Waals surface area contributed by atoms with Crippen LogP contribution in [0.15, 0.2) is 0 Å². The molecular formula is C8H15NO5S. The summed E-state index contributed by atoms with van der Waals surface area (Å²) >= 11 is 0. The largest absolute Gasteiger partial charge is 0.480 e. The molecule has 1 fully saturated rings. The summed E-state index contributed by atoms with van der Waals surface area (Å²) in [4.78, 5) is 10.4. The predicted octanol–water partition coefficient (Wildman–Crippen LogP) is -0.896. The Morgan fingerprint density at radius 2 is 2.13 bits per heavy atom. The van der Waals surface area contributed by atoms with E-state index in [9.17, 15) is 13.2 Å². The lowest BCUT2D eigenvalue weighted by molar-refractivity contribution is -0.134. The molecule has 1 heterocycles. The summed E-state index contributed by atoms with van der Waals surface area (Å²) in [5.41, 5.74) is 0. The van der Waals surface area contributed by atoms with Crippen LogP contribution in [0.25, 0.3) is 0 Å². The number of carbonyl (C=O) groups is 1. The van der Waals surface area contributed by atoms with Gasteiger partial charge in [-0.2, -0.15) is 4.31 Å². The molecular weight excluding hydrogens is 222 g/mol. The molecule has 1 saturated heterocycles. The number of carboxylic acid groups (broad SMARTS) is 1. The van der Waals surface area contributed by atoms with E-state index in [4.69, 9.17) is 10.2 Å². The maximum Gasteiger partial charge on any atom is 0.320 e. The van der Waals surface area contributed by atoms with Crippen molar-refractivity contribution in [2.24, 2.45) is 5.92 Å². The molecule has 1 aliphatic heterocycles. The molecule has 2 atom stereocenters. The van der Waals surface area contributed by atoms with Crippen molar-refractivity contribution < 1.29 is 23.4 Å². The molecule has 1 rings (SSSR count). The molecule has 88 valence electrons. The number of aliphatic hydroxyl groups is 1. The zero-order valence-electron chi connectivity index (χ0n) is 8.46. The smallest absolute Gasteiger partial charge is 0.320 e. The summed E-state index contributed by atoms with van der Waals surface area (Å²) in [7, 11) is -3.78. The minimum Gasteiger partial charge on any atom is -0.480 e. The molecule has 15 heavy (non-hydrogen) atoms. The van der Waals surface area contributed by atoms with Crippen molar-refractivity contribution in [1.82, 2.24) is 4.31 Å². The second-order valence-corrected chi connectivity index (χ2v) is 5.70. The highest BCUT2D eigenvalue weighted by molar-refractivity contribution is 7.89. The van der Waals surface area contributed by atoms with Gasteiger partial charge in [-0.1, -0.05) is 6.92 Å². The van der Waals surface area contributed by atoms with Crippen LogP contribution in [0, 0.1) is 5.92 Å². The highest BCUT2D eigenvalue weighted by atomic mass is 32.2. The fourth-order valence-electron chi connectivity index (χ4n) is 1.83. The van der Waals surface area contributed by atoms with E-state index in [-0.39, 0.29) is 12.5 Å². The van der Waals surface area contributed by atoms with Gasteiger partial charge in [0.05, 0.1) is 12.6 Å². The third kappa shape index (κ3) is 2.67. The number of nitrogens with zero attached hydrogens (tertiary/aromatic N) is 1. The van der Waals surface area contributed by atoms with Crippen molar-refractivity contribution in [3.05, 3.63) is 0 Å². The fraction of sp³-hybridized carbons (Fsp3) is 0.875. The number of rotatable bonds is 4. The van der Waals surface area contributed by atoms with E-state index in [0.29, 0.717) is 13.0 Å². The summed E-state index contributed by atoms with van der Waals surface area (Å²) in [5, 5.41) is 17.5. The van der Waals surface area contributed by atoms with E-state index in [1.807, 2.05) is 6.92 Å². The lowest BCUT2D eigenvalue weighted by Gasteiger charge is -2.23. The molecule has 6 nitrogen and oxygen atoms in total. The Hall–Kier alpha value is -0.660. The van der Waals surface area contributed by atoms with Crippen molar-refractivity contribution in [2.45, 2.75) is 19.4 Å². The van der Waals surface area contributed by atoms with Gasteiger partial charge in [-0.05, 0) is 12.3 Å². The molecule has 0 saturated carbocycles. The van der Waals surface area contributed by atoms with Gasteiger partial charge in [-0.15, -0.1) is 0 Å². The first-order valence-corrected chi connectivity index (χ1v) is 6.31. The fourth-order valence-corrected chi connectivity index (χ4v) is 3.38. The van der Waals surface area contributed by atoms with Crippen LogP contribution in [0.2, 0.25) is 0 Å². The van der Waals surface area contributed by atoms with Crippen LogP contribution in [0.1, 0.15) is 13.3 Å². The van der Waals surface area contributed by atoms with E-state index < -0.39 is 27.8 Å². The Balaban J connectivity index is 2.83. The van der Waals surface area contributed by atoms with Gasteiger partial charge >= 0.3 is 5.97 Å². The van der Waals surface area contributed by atoms with Crippen LogP contribution in [0.5, 0.6) is 0 Å².